The molecular formula is C22H25N3O2S. The second-order valence-corrected chi connectivity index (χ2v) is 8.78. The maximum absolute atomic E-state index is 12.2. The first-order chi connectivity index (χ1) is 13.4. The first-order valence-corrected chi connectivity index (χ1v) is 10.2. The van der Waals surface area contributed by atoms with Crippen LogP contribution < -0.4 is 5.32 Å². The molecule has 1 aromatic heterocycles. The van der Waals surface area contributed by atoms with Crippen LogP contribution in [0.1, 0.15) is 42.0 Å². The van der Waals surface area contributed by atoms with E-state index in [1.807, 2.05) is 36.9 Å². The lowest BCUT2D eigenvalue weighted by Gasteiger charge is -2.05. The van der Waals surface area contributed by atoms with E-state index in [-0.39, 0.29) is 18.3 Å². The molecule has 146 valence electrons. The molecule has 3 aromatic rings. The molecule has 1 amide bonds. The molecule has 5 nitrogen and oxygen atoms in total. The van der Waals surface area contributed by atoms with E-state index in [0.717, 1.165) is 11.1 Å². The van der Waals surface area contributed by atoms with Crippen LogP contribution >= 0.6 is 11.8 Å². The van der Waals surface area contributed by atoms with E-state index in [4.69, 9.17) is 4.42 Å². The number of benzene rings is 2. The average Bonchev–Trinajstić information content (AvgIpc) is 3.06. The van der Waals surface area contributed by atoms with E-state index in [1.54, 1.807) is 0 Å². The molecule has 0 bridgehead atoms. The highest BCUT2D eigenvalue weighted by atomic mass is 32.2. The van der Waals surface area contributed by atoms with E-state index >= 15 is 0 Å². The lowest BCUT2D eigenvalue weighted by molar-refractivity contribution is -0.115. The molecule has 0 radical (unpaired) electrons. The number of aryl methyl sites for hydroxylation is 2. The summed E-state index contributed by atoms with van der Waals surface area (Å²) >= 11 is 1.83. The maximum Gasteiger partial charge on any atom is 0.322 e. The van der Waals surface area contributed by atoms with Crippen LogP contribution in [-0.4, -0.2) is 21.4 Å². The predicted octanol–water partition coefficient (Wildman–Crippen LogP) is 4.96. The zero-order valence-corrected chi connectivity index (χ0v) is 17.5. The molecule has 0 fully saturated rings. The summed E-state index contributed by atoms with van der Waals surface area (Å²) in [6, 6.07) is 14.5. The normalized spacial score (nSPS) is 11.0. The molecule has 0 aliphatic rings. The van der Waals surface area contributed by atoms with Gasteiger partial charge in [0.05, 0.1) is 12.8 Å². The Morgan fingerprint density at radius 2 is 1.75 bits per heavy atom. The van der Waals surface area contributed by atoms with E-state index in [0.29, 0.717) is 17.6 Å². The Kier molecular flexibility index (Phi) is 6.52. The summed E-state index contributed by atoms with van der Waals surface area (Å²) in [5.74, 6) is 0.305. The van der Waals surface area contributed by atoms with Gasteiger partial charge in [-0.2, -0.15) is 0 Å². The SMILES string of the molecule is Cc1ccc(CC(=O)Nc2nnc(Cc3ccc(SC(C)C)cc3)o2)cc1C. The van der Waals surface area contributed by atoms with Crippen LogP contribution in [0.25, 0.3) is 0 Å². The summed E-state index contributed by atoms with van der Waals surface area (Å²) in [4.78, 5) is 13.5. The zero-order valence-electron chi connectivity index (χ0n) is 16.7. The van der Waals surface area contributed by atoms with Gasteiger partial charge in [0.1, 0.15) is 0 Å². The zero-order chi connectivity index (χ0) is 20.1. The van der Waals surface area contributed by atoms with Crippen molar-refractivity contribution in [3.8, 4) is 0 Å². The first kappa shape index (κ1) is 20.1. The van der Waals surface area contributed by atoms with Crippen molar-refractivity contribution in [1.82, 2.24) is 10.2 Å². The average molecular weight is 396 g/mol. The van der Waals surface area contributed by atoms with Crippen molar-refractivity contribution in [3.63, 3.8) is 0 Å². The second-order valence-electron chi connectivity index (χ2n) is 7.13. The Bertz CT molecular complexity index is 949. The standard InChI is InChI=1S/C22H25N3O2S/c1-14(2)28-19-9-7-17(8-10-19)13-21-24-25-22(27-21)23-20(26)12-18-6-5-15(3)16(4)11-18/h5-11,14H,12-13H2,1-4H3,(H,23,25,26). The molecule has 0 saturated carbocycles. The molecule has 1 heterocycles. The van der Waals surface area contributed by atoms with Crippen LogP contribution in [-0.2, 0) is 17.6 Å². The van der Waals surface area contributed by atoms with Gasteiger partial charge >= 0.3 is 6.01 Å². The van der Waals surface area contributed by atoms with Crippen LogP contribution in [0, 0.1) is 13.8 Å². The van der Waals surface area contributed by atoms with E-state index in [9.17, 15) is 4.79 Å². The minimum absolute atomic E-state index is 0.135. The number of anilines is 1. The van der Waals surface area contributed by atoms with Gasteiger partial charge in [0, 0.05) is 10.1 Å². The molecule has 1 N–H and O–H groups in total. The third kappa shape index (κ3) is 5.70. The highest BCUT2D eigenvalue weighted by Gasteiger charge is 2.11. The van der Waals surface area contributed by atoms with E-state index in [1.165, 1.54) is 16.0 Å². The maximum atomic E-state index is 12.2. The van der Waals surface area contributed by atoms with Gasteiger partial charge in [0.25, 0.3) is 0 Å². The molecule has 0 saturated heterocycles. The number of thioether (sulfide) groups is 1. The number of hydrogen-bond acceptors (Lipinski definition) is 5. The van der Waals surface area contributed by atoms with Gasteiger partial charge in [-0.1, -0.05) is 49.3 Å². The molecule has 0 unspecified atom stereocenters. The van der Waals surface area contributed by atoms with Crippen molar-refractivity contribution in [2.24, 2.45) is 0 Å². The van der Waals surface area contributed by atoms with Gasteiger partial charge in [0.2, 0.25) is 11.8 Å². The van der Waals surface area contributed by atoms with Gasteiger partial charge in [-0.25, -0.2) is 0 Å². The molecule has 3 rings (SSSR count). The molecule has 2 aromatic carbocycles. The van der Waals surface area contributed by atoms with Gasteiger partial charge in [-0.15, -0.1) is 16.9 Å². The lowest BCUT2D eigenvalue weighted by atomic mass is 10.0. The van der Waals surface area contributed by atoms with Crippen molar-refractivity contribution in [1.29, 1.82) is 0 Å². The van der Waals surface area contributed by atoms with Crippen molar-refractivity contribution in [2.45, 2.75) is 50.7 Å². The number of amides is 1. The molecular weight excluding hydrogens is 370 g/mol. The Labute approximate surface area is 170 Å². The molecule has 28 heavy (non-hydrogen) atoms. The molecule has 0 atom stereocenters. The number of hydrogen-bond donors (Lipinski definition) is 1. The van der Waals surface area contributed by atoms with Crippen molar-refractivity contribution in [2.75, 3.05) is 5.32 Å². The largest absolute Gasteiger partial charge is 0.407 e. The van der Waals surface area contributed by atoms with Crippen LogP contribution in [0.3, 0.4) is 0 Å². The fourth-order valence-electron chi connectivity index (χ4n) is 2.77. The number of nitrogens with zero attached hydrogens (tertiary/aromatic N) is 2. The monoisotopic (exact) mass is 395 g/mol. The van der Waals surface area contributed by atoms with Gasteiger partial charge in [-0.05, 0) is 48.2 Å². The predicted molar refractivity (Wildman–Crippen MR) is 113 cm³/mol. The summed E-state index contributed by atoms with van der Waals surface area (Å²) in [7, 11) is 0. The summed E-state index contributed by atoms with van der Waals surface area (Å²) in [6.07, 6.45) is 0.806. The summed E-state index contributed by atoms with van der Waals surface area (Å²) in [5.41, 5.74) is 4.43. The Balaban J connectivity index is 1.56. The smallest absolute Gasteiger partial charge is 0.322 e. The number of rotatable bonds is 7. The Morgan fingerprint density at radius 3 is 2.43 bits per heavy atom. The number of carbonyl (C=O) groups is 1. The summed E-state index contributed by atoms with van der Waals surface area (Å²) < 4.78 is 5.57. The minimum Gasteiger partial charge on any atom is -0.407 e. The molecule has 0 aliphatic carbocycles. The number of aromatic nitrogens is 2. The highest BCUT2D eigenvalue weighted by molar-refractivity contribution is 7.99. The second kappa shape index (κ2) is 9.06. The van der Waals surface area contributed by atoms with Crippen LogP contribution in [0.15, 0.2) is 51.8 Å². The number of carbonyl (C=O) groups excluding carboxylic acids is 1. The minimum atomic E-state index is -0.173. The Hall–Kier alpha value is -2.60. The van der Waals surface area contributed by atoms with Crippen molar-refractivity contribution < 1.29 is 9.21 Å². The van der Waals surface area contributed by atoms with E-state index < -0.39 is 0 Å². The highest BCUT2D eigenvalue weighted by Crippen LogP contribution is 2.23. The fraction of sp³-hybridized carbons (Fsp3) is 0.318. The third-order valence-electron chi connectivity index (χ3n) is 4.30. The number of nitrogens with one attached hydrogen (secondary N) is 1. The van der Waals surface area contributed by atoms with E-state index in [2.05, 4.69) is 60.6 Å². The van der Waals surface area contributed by atoms with Crippen molar-refractivity contribution in [3.05, 3.63) is 70.6 Å². The lowest BCUT2D eigenvalue weighted by Crippen LogP contribution is -2.14. The first-order valence-electron chi connectivity index (χ1n) is 9.33. The fourth-order valence-corrected chi connectivity index (χ4v) is 3.61. The van der Waals surface area contributed by atoms with Crippen LogP contribution in [0.5, 0.6) is 0 Å². The summed E-state index contributed by atoms with van der Waals surface area (Å²) in [5, 5.41) is 11.2. The molecule has 6 heteroatoms. The molecule has 0 aliphatic heterocycles. The van der Waals surface area contributed by atoms with Gasteiger partial charge in [0.15, 0.2) is 0 Å². The van der Waals surface area contributed by atoms with Crippen molar-refractivity contribution >= 4 is 23.7 Å². The third-order valence-corrected chi connectivity index (χ3v) is 5.32. The van der Waals surface area contributed by atoms with Crippen LogP contribution in [0.2, 0.25) is 0 Å². The van der Waals surface area contributed by atoms with Gasteiger partial charge in [-0.3, -0.25) is 10.1 Å². The van der Waals surface area contributed by atoms with Gasteiger partial charge < -0.3 is 4.42 Å². The topological polar surface area (TPSA) is 68.0 Å². The van der Waals surface area contributed by atoms with Crippen LogP contribution in [0.4, 0.5) is 6.01 Å². The molecule has 0 spiro atoms. The quantitative estimate of drug-likeness (QED) is 0.573. The Morgan fingerprint density at radius 1 is 1.04 bits per heavy atom. The summed E-state index contributed by atoms with van der Waals surface area (Å²) in [6.45, 7) is 8.44.